The molecule has 0 bridgehead atoms. The predicted molar refractivity (Wildman–Crippen MR) is 54.8 cm³/mol. The third kappa shape index (κ3) is 3.35. The molecule has 0 N–H and O–H groups in total. The largest absolute Gasteiger partial charge is 0.534 e. The Morgan fingerprint density at radius 1 is 0.933 bits per heavy atom. The van der Waals surface area contributed by atoms with Crippen LogP contribution >= 0.6 is 0 Å². The van der Waals surface area contributed by atoms with Crippen LogP contribution in [0.1, 0.15) is 0 Å². The van der Waals surface area contributed by atoms with E-state index >= 15 is 0 Å². The second-order valence-corrected chi connectivity index (χ2v) is 5.07. The van der Waals surface area contributed by atoms with E-state index in [1.165, 1.54) is 41.2 Å². The summed E-state index contributed by atoms with van der Waals surface area (Å²) in [5.74, 6) is 0. The highest BCUT2D eigenvalue weighted by molar-refractivity contribution is 6.66. The second-order valence-electron chi connectivity index (χ2n) is 2.43. The van der Waals surface area contributed by atoms with Gasteiger partial charge in [-0.2, -0.15) is 0 Å². The minimum absolute atomic E-state index is 1.38. The van der Waals surface area contributed by atoms with E-state index in [0.29, 0.717) is 0 Å². The summed E-state index contributed by atoms with van der Waals surface area (Å²) in [7, 11) is 3.99. The molecule has 0 aromatic carbocycles. The second kappa shape index (κ2) is 6.33. The van der Waals surface area contributed by atoms with Gasteiger partial charge in [0.2, 0.25) is 0 Å². The van der Waals surface area contributed by atoms with Gasteiger partial charge in [-0.1, -0.05) is 6.58 Å². The summed E-state index contributed by atoms with van der Waals surface area (Å²) in [6.45, 7) is 3.58. The minimum atomic E-state index is -3.03. The fourth-order valence-corrected chi connectivity index (χ4v) is 2.27. The minimum Gasteiger partial charge on any atom is -0.374 e. The van der Waals surface area contributed by atoms with Crippen molar-refractivity contribution >= 4 is 8.80 Å². The van der Waals surface area contributed by atoms with Crippen molar-refractivity contribution in [3.8, 4) is 0 Å². The topological polar surface area (TPSA) is 55.4 Å². The zero-order valence-corrected chi connectivity index (χ0v) is 10.7. The van der Waals surface area contributed by atoms with Crippen LogP contribution in [0.15, 0.2) is 12.3 Å². The summed E-state index contributed by atoms with van der Waals surface area (Å²) in [5.41, 5.74) is 1.44. The molecule has 0 radical (unpaired) electrons. The Labute approximate surface area is 91.0 Å². The maximum Gasteiger partial charge on any atom is 0.534 e. The number of methoxy groups -OCH3 is 3. The Morgan fingerprint density at radius 3 is 1.53 bits per heavy atom. The third-order valence-electron chi connectivity index (χ3n) is 1.84. The van der Waals surface area contributed by atoms with Crippen LogP contribution in [-0.2, 0) is 27.5 Å². The van der Waals surface area contributed by atoms with Crippen LogP contribution in [0.25, 0.3) is 0 Å². The highest BCUT2D eigenvalue weighted by Crippen LogP contribution is 2.22. The molecule has 0 fully saturated rings. The van der Waals surface area contributed by atoms with Crippen molar-refractivity contribution in [1.82, 2.24) is 0 Å². The van der Waals surface area contributed by atoms with Crippen LogP contribution in [0.4, 0.5) is 0 Å². The Hall–Kier alpha value is -0.283. The fraction of sp³-hybridized carbons (Fsp3) is 0.750. The molecular formula is C8H18O6Si. The number of hydrogen-bond donors (Lipinski definition) is 0. The Morgan fingerprint density at radius 2 is 1.33 bits per heavy atom. The molecule has 0 heterocycles. The fourth-order valence-electron chi connectivity index (χ4n) is 0.924. The monoisotopic (exact) mass is 238 g/mol. The number of hydrogen-bond acceptors (Lipinski definition) is 6. The molecule has 15 heavy (non-hydrogen) atoms. The molecule has 0 aliphatic carbocycles. The van der Waals surface area contributed by atoms with Crippen molar-refractivity contribution in [1.29, 1.82) is 0 Å². The molecule has 0 spiro atoms. The quantitative estimate of drug-likeness (QED) is 0.453. The summed E-state index contributed by atoms with van der Waals surface area (Å²) in [6.07, 6.45) is -1.65. The van der Waals surface area contributed by atoms with Crippen LogP contribution in [0.3, 0.4) is 0 Å². The molecule has 0 aromatic rings. The first kappa shape index (κ1) is 14.7. The van der Waals surface area contributed by atoms with E-state index in [4.69, 9.17) is 27.5 Å². The first-order chi connectivity index (χ1) is 7.07. The van der Waals surface area contributed by atoms with Gasteiger partial charge in [0.25, 0.3) is 0 Å². The lowest BCUT2D eigenvalue weighted by Crippen LogP contribution is -2.53. The van der Waals surface area contributed by atoms with E-state index in [0.717, 1.165) is 0 Å². The molecule has 0 atom stereocenters. The highest BCUT2D eigenvalue weighted by Gasteiger charge is 2.47. The highest BCUT2D eigenvalue weighted by atomic mass is 28.4. The lowest BCUT2D eigenvalue weighted by Gasteiger charge is -2.34. The van der Waals surface area contributed by atoms with Gasteiger partial charge in [0.15, 0.2) is 0 Å². The maximum absolute atomic E-state index is 5.43. The summed E-state index contributed by atoms with van der Waals surface area (Å²) in [6, 6.07) is 0. The van der Waals surface area contributed by atoms with E-state index in [1.807, 2.05) is 0 Å². The zero-order valence-electron chi connectivity index (χ0n) is 9.73. The van der Waals surface area contributed by atoms with Crippen molar-refractivity contribution in [2.75, 3.05) is 35.5 Å². The van der Waals surface area contributed by atoms with E-state index in [9.17, 15) is 0 Å². The van der Waals surface area contributed by atoms with Crippen LogP contribution in [0.2, 0.25) is 0 Å². The summed E-state index contributed by atoms with van der Waals surface area (Å²) in [4.78, 5) is 0. The smallest absolute Gasteiger partial charge is 0.374 e. The van der Waals surface area contributed by atoms with Gasteiger partial charge in [0.1, 0.15) is 0 Å². The maximum atomic E-state index is 5.43. The average molecular weight is 238 g/mol. The summed E-state index contributed by atoms with van der Waals surface area (Å²) < 4.78 is 30.6. The first-order valence-corrected chi connectivity index (χ1v) is 5.97. The molecule has 0 saturated heterocycles. The molecule has 6 nitrogen and oxygen atoms in total. The molecule has 7 heteroatoms. The average Bonchev–Trinajstić information content (AvgIpc) is 2.33. The van der Waals surface area contributed by atoms with Gasteiger partial charge in [-0.3, -0.25) is 4.43 Å². The van der Waals surface area contributed by atoms with Gasteiger partial charge in [0.05, 0.1) is 0 Å². The van der Waals surface area contributed by atoms with Crippen LogP contribution in [-0.4, -0.2) is 50.5 Å². The lowest BCUT2D eigenvalue weighted by molar-refractivity contribution is -0.459. The van der Waals surface area contributed by atoms with E-state index in [-0.39, 0.29) is 0 Å². The Bertz CT molecular complexity index is 181. The van der Waals surface area contributed by atoms with Crippen molar-refractivity contribution in [3.05, 3.63) is 12.3 Å². The number of rotatable bonds is 8. The van der Waals surface area contributed by atoms with Gasteiger partial charge in [-0.15, -0.1) is 0 Å². The molecule has 0 amide bonds. The zero-order chi connectivity index (χ0) is 11.9. The standard InChI is InChI=1S/C8H18O6Si/c1-7-15(12-5,13-6)14-8(9-2,10-3)11-4/h7H,1H2,2-6H3. The van der Waals surface area contributed by atoms with Gasteiger partial charge >= 0.3 is 15.0 Å². The van der Waals surface area contributed by atoms with E-state index in [1.54, 1.807) is 0 Å². The van der Waals surface area contributed by atoms with Crippen molar-refractivity contribution in [3.63, 3.8) is 0 Å². The summed E-state index contributed by atoms with van der Waals surface area (Å²) in [5, 5.41) is 0. The van der Waals surface area contributed by atoms with Gasteiger partial charge in [0, 0.05) is 35.5 Å². The predicted octanol–water partition coefficient (Wildman–Crippen LogP) is 0.510. The normalized spacial score (nSPS) is 12.9. The van der Waals surface area contributed by atoms with Crippen LogP contribution in [0, 0.1) is 0 Å². The Balaban J connectivity index is 4.82. The van der Waals surface area contributed by atoms with Gasteiger partial charge in [-0.05, 0) is 5.70 Å². The first-order valence-electron chi connectivity index (χ1n) is 4.17. The molecular weight excluding hydrogens is 220 g/mol. The SMILES string of the molecule is C=C[Si](OC)(OC)OC(OC)(OC)OC. The van der Waals surface area contributed by atoms with Crippen LogP contribution in [0.5, 0.6) is 0 Å². The third-order valence-corrected chi connectivity index (χ3v) is 4.01. The summed E-state index contributed by atoms with van der Waals surface area (Å²) >= 11 is 0. The van der Waals surface area contributed by atoms with E-state index in [2.05, 4.69) is 6.58 Å². The lowest BCUT2D eigenvalue weighted by atomic mass is 11.0. The van der Waals surface area contributed by atoms with Crippen molar-refractivity contribution in [2.45, 2.75) is 6.16 Å². The molecule has 0 aromatic heterocycles. The molecule has 0 saturated carbocycles. The molecule has 0 aliphatic heterocycles. The Kier molecular flexibility index (Phi) is 6.21. The van der Waals surface area contributed by atoms with Crippen molar-refractivity contribution < 1.29 is 27.5 Å². The molecule has 0 rings (SSSR count). The van der Waals surface area contributed by atoms with Crippen molar-refractivity contribution in [2.24, 2.45) is 0 Å². The van der Waals surface area contributed by atoms with Gasteiger partial charge < -0.3 is 23.1 Å². The van der Waals surface area contributed by atoms with E-state index < -0.39 is 15.0 Å². The van der Waals surface area contributed by atoms with Gasteiger partial charge in [-0.25, -0.2) is 0 Å². The number of ether oxygens (including phenoxy) is 3. The van der Waals surface area contributed by atoms with Crippen LogP contribution < -0.4 is 0 Å². The molecule has 90 valence electrons. The molecule has 0 aliphatic rings. The molecule has 0 unspecified atom stereocenters.